The molecule has 1 radical (unpaired) electrons. The molecule has 1 amide bonds. The van der Waals surface area contributed by atoms with Crippen LogP contribution in [0.25, 0.3) is 0 Å². The van der Waals surface area contributed by atoms with Crippen molar-refractivity contribution in [3.05, 3.63) is 0 Å². The second kappa shape index (κ2) is 4.16. The molecule has 0 heterocycles. The Morgan fingerprint density at radius 2 is 1.57 bits per heavy atom. The number of nitrogens with zero attached hydrogens (tertiary/aromatic N) is 1. The standard InChI is InChI=1S/C4H9NO.Cu/c1-4(6)5(2)3;/h1-3H3;. The fraction of sp³-hybridized carbons (Fsp3) is 0.750. The molecule has 0 saturated heterocycles. The first-order chi connectivity index (χ1) is 2.64. The Labute approximate surface area is 54.4 Å². The third kappa shape index (κ3) is 5.99. The van der Waals surface area contributed by atoms with E-state index in [0.29, 0.717) is 0 Å². The summed E-state index contributed by atoms with van der Waals surface area (Å²) in [7, 11) is 3.45. The number of rotatable bonds is 0. The molecule has 0 spiro atoms. The average molecular weight is 151 g/mol. The van der Waals surface area contributed by atoms with Crippen molar-refractivity contribution in [2.75, 3.05) is 14.1 Å². The molecule has 0 aliphatic heterocycles. The Hall–Kier alpha value is -0.0105. The second-order valence-electron chi connectivity index (χ2n) is 1.41. The van der Waals surface area contributed by atoms with Gasteiger partial charge in [0.2, 0.25) is 5.91 Å². The largest absolute Gasteiger partial charge is 0.349 e. The van der Waals surface area contributed by atoms with Gasteiger partial charge in [0.1, 0.15) is 0 Å². The maximum atomic E-state index is 10.1. The smallest absolute Gasteiger partial charge is 0.218 e. The number of hydrogen-bond acceptors (Lipinski definition) is 1. The summed E-state index contributed by atoms with van der Waals surface area (Å²) in [4.78, 5) is 11.6. The van der Waals surface area contributed by atoms with Gasteiger partial charge in [-0.25, -0.2) is 0 Å². The molecule has 0 fully saturated rings. The van der Waals surface area contributed by atoms with E-state index in [9.17, 15) is 4.79 Å². The van der Waals surface area contributed by atoms with E-state index in [1.165, 1.54) is 11.8 Å². The van der Waals surface area contributed by atoms with Crippen molar-refractivity contribution in [3.63, 3.8) is 0 Å². The maximum absolute atomic E-state index is 10.1. The van der Waals surface area contributed by atoms with Gasteiger partial charge >= 0.3 is 0 Å². The number of amides is 1. The van der Waals surface area contributed by atoms with Crippen molar-refractivity contribution in [1.82, 2.24) is 4.90 Å². The number of carbonyl (C=O) groups excluding carboxylic acids is 1. The molecule has 0 aliphatic carbocycles. The molecule has 0 N–H and O–H groups in total. The van der Waals surface area contributed by atoms with Gasteiger partial charge in [-0.05, 0) is 0 Å². The SMILES string of the molecule is CC(=O)N(C)C.[Cu]. The number of carbonyl (C=O) groups is 1. The van der Waals surface area contributed by atoms with Crippen LogP contribution in [0.5, 0.6) is 0 Å². The zero-order valence-electron chi connectivity index (χ0n) is 4.66. The zero-order valence-corrected chi connectivity index (χ0v) is 5.60. The predicted molar refractivity (Wildman–Crippen MR) is 24.4 cm³/mol. The predicted octanol–water partition coefficient (Wildman–Crippen LogP) is 0.0920. The molecule has 7 heavy (non-hydrogen) atoms. The van der Waals surface area contributed by atoms with Crippen LogP contribution in [-0.4, -0.2) is 24.9 Å². The molecule has 0 rings (SSSR count). The molecule has 3 heteroatoms. The summed E-state index contributed by atoms with van der Waals surface area (Å²) in [6.07, 6.45) is 0. The van der Waals surface area contributed by atoms with Crippen LogP contribution in [0, 0.1) is 0 Å². The van der Waals surface area contributed by atoms with Crippen molar-refractivity contribution < 1.29 is 21.9 Å². The maximum Gasteiger partial charge on any atom is 0.218 e. The minimum atomic E-state index is 0. The minimum Gasteiger partial charge on any atom is -0.349 e. The van der Waals surface area contributed by atoms with E-state index in [2.05, 4.69) is 0 Å². The first-order valence-corrected chi connectivity index (χ1v) is 1.82. The molecule has 0 unspecified atom stereocenters. The quantitative estimate of drug-likeness (QED) is 0.449. The van der Waals surface area contributed by atoms with Crippen molar-refractivity contribution in [2.45, 2.75) is 6.92 Å². The van der Waals surface area contributed by atoms with Gasteiger partial charge in [0.05, 0.1) is 0 Å². The van der Waals surface area contributed by atoms with Gasteiger partial charge in [0, 0.05) is 38.1 Å². The topological polar surface area (TPSA) is 20.3 Å². The molecule has 0 atom stereocenters. The normalized spacial score (nSPS) is 6.71. The van der Waals surface area contributed by atoms with Crippen molar-refractivity contribution in [2.24, 2.45) is 0 Å². The fourth-order valence-electron chi connectivity index (χ4n) is 0. The van der Waals surface area contributed by atoms with E-state index < -0.39 is 0 Å². The van der Waals surface area contributed by atoms with Crippen molar-refractivity contribution >= 4 is 5.91 Å². The van der Waals surface area contributed by atoms with Gasteiger partial charge in [-0.2, -0.15) is 0 Å². The molecular formula is C4H9CuNO. The van der Waals surface area contributed by atoms with E-state index in [4.69, 9.17) is 0 Å². The Kier molecular flexibility index (Phi) is 5.98. The summed E-state index contributed by atoms with van der Waals surface area (Å²) >= 11 is 0. The van der Waals surface area contributed by atoms with Crippen molar-refractivity contribution in [3.8, 4) is 0 Å². The van der Waals surface area contributed by atoms with Crippen LogP contribution in [0.3, 0.4) is 0 Å². The van der Waals surface area contributed by atoms with Gasteiger partial charge in [-0.15, -0.1) is 0 Å². The summed E-state index contributed by atoms with van der Waals surface area (Å²) in [6.45, 7) is 1.53. The van der Waals surface area contributed by atoms with Gasteiger partial charge in [-0.1, -0.05) is 0 Å². The summed E-state index contributed by atoms with van der Waals surface area (Å²) in [5, 5.41) is 0. The fourth-order valence-corrected chi connectivity index (χ4v) is 0. The molecule has 47 valence electrons. The van der Waals surface area contributed by atoms with Gasteiger partial charge in [0.25, 0.3) is 0 Å². The van der Waals surface area contributed by atoms with E-state index in [0.717, 1.165) is 0 Å². The third-order valence-electron chi connectivity index (χ3n) is 0.630. The Morgan fingerprint density at radius 1 is 1.43 bits per heavy atom. The molecule has 0 aromatic carbocycles. The molecule has 0 aromatic rings. The van der Waals surface area contributed by atoms with E-state index in [-0.39, 0.29) is 23.0 Å². The second-order valence-corrected chi connectivity index (χ2v) is 1.41. The summed E-state index contributed by atoms with van der Waals surface area (Å²) in [6, 6.07) is 0. The van der Waals surface area contributed by atoms with E-state index in [1.807, 2.05) is 0 Å². The molecule has 0 bridgehead atoms. The van der Waals surface area contributed by atoms with Crippen LogP contribution >= 0.6 is 0 Å². The Bertz CT molecular complexity index is 62.7. The van der Waals surface area contributed by atoms with Crippen LogP contribution in [0.1, 0.15) is 6.92 Å². The van der Waals surface area contributed by atoms with E-state index >= 15 is 0 Å². The molecule has 0 aliphatic rings. The van der Waals surface area contributed by atoms with E-state index in [1.54, 1.807) is 14.1 Å². The summed E-state index contributed by atoms with van der Waals surface area (Å²) < 4.78 is 0. The van der Waals surface area contributed by atoms with Crippen LogP contribution in [-0.2, 0) is 21.9 Å². The summed E-state index contributed by atoms with van der Waals surface area (Å²) in [5.74, 6) is 0.0926. The zero-order chi connectivity index (χ0) is 5.15. The van der Waals surface area contributed by atoms with Crippen LogP contribution in [0.2, 0.25) is 0 Å². The molecule has 2 nitrogen and oxygen atoms in total. The minimum absolute atomic E-state index is 0. The van der Waals surface area contributed by atoms with Crippen LogP contribution in [0.4, 0.5) is 0 Å². The van der Waals surface area contributed by atoms with Crippen LogP contribution in [0.15, 0.2) is 0 Å². The summed E-state index contributed by atoms with van der Waals surface area (Å²) in [5.41, 5.74) is 0. The average Bonchev–Trinajstić information content (AvgIpc) is 1.36. The molecule has 0 saturated carbocycles. The van der Waals surface area contributed by atoms with Gasteiger partial charge < -0.3 is 4.90 Å². The Morgan fingerprint density at radius 3 is 1.57 bits per heavy atom. The third-order valence-corrected chi connectivity index (χ3v) is 0.630. The van der Waals surface area contributed by atoms with Gasteiger partial charge in [0.15, 0.2) is 0 Å². The number of hydrogen-bond donors (Lipinski definition) is 0. The first-order valence-electron chi connectivity index (χ1n) is 1.82. The van der Waals surface area contributed by atoms with Crippen molar-refractivity contribution in [1.29, 1.82) is 0 Å². The molecular weight excluding hydrogens is 142 g/mol. The van der Waals surface area contributed by atoms with Gasteiger partial charge in [-0.3, -0.25) is 4.79 Å². The molecule has 0 aromatic heterocycles. The van der Waals surface area contributed by atoms with Crippen LogP contribution < -0.4 is 0 Å². The Balaban J connectivity index is 0. The monoisotopic (exact) mass is 150 g/mol. The first kappa shape index (κ1) is 10.1.